The van der Waals surface area contributed by atoms with Crippen molar-refractivity contribution < 1.29 is 47.8 Å². The molecule has 0 saturated heterocycles. The molecule has 0 saturated carbocycles. The molecule has 0 atom stereocenters. The van der Waals surface area contributed by atoms with Gasteiger partial charge >= 0.3 is 99.5 Å². The van der Waals surface area contributed by atoms with Gasteiger partial charge in [0.2, 0.25) is 0 Å². The van der Waals surface area contributed by atoms with Crippen molar-refractivity contribution in [2.75, 3.05) is 0 Å². The van der Waals surface area contributed by atoms with Crippen molar-refractivity contribution in [3.8, 4) is 0 Å². The van der Waals surface area contributed by atoms with Gasteiger partial charge in [-0.1, -0.05) is 55.4 Å². The Balaban J connectivity index is 0.000000485. The predicted molar refractivity (Wildman–Crippen MR) is 140 cm³/mol. The van der Waals surface area contributed by atoms with E-state index in [0.29, 0.717) is 0 Å². The number of hydrogen-bond acceptors (Lipinski definition) is 0. The maximum atomic E-state index is 2.26. The molecule has 0 fully saturated rings. The summed E-state index contributed by atoms with van der Waals surface area (Å²) in [6, 6.07) is 26.3. The minimum atomic E-state index is -0.406. The summed E-state index contributed by atoms with van der Waals surface area (Å²) in [4.78, 5) is 0. The van der Waals surface area contributed by atoms with Crippen LogP contribution in [0.4, 0.5) is 0 Å². The fraction of sp³-hybridized carbons (Fsp3) is 0.267. The summed E-state index contributed by atoms with van der Waals surface area (Å²) in [5, 5.41) is 3.07. The zero-order chi connectivity index (χ0) is 23.8. The molecule has 4 aromatic carbocycles. The summed E-state index contributed by atoms with van der Waals surface area (Å²) in [5.74, 6) is 0. The van der Waals surface area contributed by atoms with Crippen molar-refractivity contribution >= 4 is 15.9 Å². The zero-order valence-electron chi connectivity index (χ0n) is 21.7. The number of benzene rings is 2. The molecule has 4 aromatic rings. The fourth-order valence-corrected chi connectivity index (χ4v) is 8.62. The number of halogens is 2. The number of aryl methyl sites for hydroxylation is 4. The first kappa shape index (κ1) is 32.8. The topological polar surface area (TPSA) is 0 Å². The van der Waals surface area contributed by atoms with Crippen LogP contribution in [-0.2, 0) is 23.0 Å². The van der Waals surface area contributed by atoms with E-state index < -0.39 is 5.49 Å². The first-order chi connectivity index (χ1) is 15.1. The van der Waals surface area contributed by atoms with Crippen molar-refractivity contribution in [1.82, 2.24) is 0 Å². The zero-order valence-corrected chi connectivity index (χ0v) is 27.8. The summed E-state index contributed by atoms with van der Waals surface area (Å²) in [6.45, 7) is 17.4. The van der Waals surface area contributed by atoms with Gasteiger partial charge in [-0.3, -0.25) is 0 Å². The Bertz CT molecular complexity index is 1020. The third-order valence-corrected chi connectivity index (χ3v) is 14.5. The van der Waals surface area contributed by atoms with Gasteiger partial charge in [-0.15, -0.1) is 0 Å². The van der Waals surface area contributed by atoms with Crippen molar-refractivity contribution in [2.45, 2.75) is 55.4 Å². The molecule has 0 bridgehead atoms. The molecule has 0 spiro atoms. The summed E-state index contributed by atoms with van der Waals surface area (Å²) < 4.78 is 0. The van der Waals surface area contributed by atoms with Crippen molar-refractivity contribution in [2.24, 2.45) is 0 Å². The van der Waals surface area contributed by atoms with Crippen LogP contribution in [0.25, 0.3) is 0 Å². The van der Waals surface area contributed by atoms with Crippen molar-refractivity contribution in [1.29, 1.82) is 0 Å². The average molecular weight is 674 g/mol. The Morgan fingerprint density at radius 3 is 1.03 bits per heavy atom. The van der Waals surface area contributed by atoms with Gasteiger partial charge in [0.05, 0.1) is 0 Å². The molecule has 34 heavy (non-hydrogen) atoms. The van der Waals surface area contributed by atoms with Gasteiger partial charge in [0.1, 0.15) is 0 Å². The Hall–Kier alpha value is -1.19. The van der Waals surface area contributed by atoms with Crippen LogP contribution in [0.15, 0.2) is 72.8 Å². The summed E-state index contributed by atoms with van der Waals surface area (Å²) in [5.41, 5.74) is 11.1. The Morgan fingerprint density at radius 1 is 0.559 bits per heavy atom. The molecule has 0 heterocycles. The van der Waals surface area contributed by atoms with E-state index in [-0.39, 0.29) is 24.8 Å². The predicted octanol–water partition coefficient (Wildman–Crippen LogP) is 0.625. The number of hydrogen-bond donors (Lipinski definition) is 0. The average Bonchev–Trinajstić information content (AvgIpc) is 3.17. The van der Waals surface area contributed by atoms with Crippen LogP contribution in [0, 0.1) is 55.4 Å². The summed E-state index contributed by atoms with van der Waals surface area (Å²) >= 11 is 1.27. The maximum absolute atomic E-state index is 2.26. The van der Waals surface area contributed by atoms with E-state index in [1.165, 1.54) is 77.9 Å². The van der Waals surface area contributed by atoms with Gasteiger partial charge in [-0.25, -0.2) is 0 Å². The van der Waals surface area contributed by atoms with Crippen LogP contribution >= 0.6 is 0 Å². The summed E-state index contributed by atoms with van der Waals surface area (Å²) in [7, 11) is 0. The van der Waals surface area contributed by atoms with Gasteiger partial charge in [0.25, 0.3) is 0 Å². The molecule has 0 N–H and O–H groups in total. The van der Waals surface area contributed by atoms with E-state index in [4.69, 9.17) is 0 Å². The fourth-order valence-electron chi connectivity index (χ4n) is 3.64. The molecule has 0 nitrogen and oxygen atoms in total. The molecular formula is C30H36Cl2HfSi-2. The monoisotopic (exact) mass is 674 g/mol. The van der Waals surface area contributed by atoms with E-state index in [2.05, 4.69) is 128 Å². The van der Waals surface area contributed by atoms with Gasteiger partial charge in [0, 0.05) is 0 Å². The standard InChI is InChI=1S/C12H10Si.2C9H13.2ClH.Hf/c1-3-7-11(8-4-1)13-12-9-5-2-6-10-12;2*1-6-5-7(2)9(4)8(6)3;;;/h1-10H;2*5H,1-4H3;2*1H;/q;2*-1;;;+2/p-2. The van der Waals surface area contributed by atoms with E-state index >= 15 is 0 Å². The second-order valence-corrected chi connectivity index (χ2v) is 15.9. The molecule has 0 unspecified atom stereocenters. The second-order valence-electron chi connectivity index (χ2n) is 8.63. The van der Waals surface area contributed by atoms with E-state index in [9.17, 15) is 0 Å². The molecule has 0 aliphatic rings. The summed E-state index contributed by atoms with van der Waals surface area (Å²) in [6.07, 6.45) is 0. The van der Waals surface area contributed by atoms with Gasteiger partial charge < -0.3 is 24.8 Å². The van der Waals surface area contributed by atoms with E-state index in [0.717, 1.165) is 0 Å². The van der Waals surface area contributed by atoms with Crippen LogP contribution in [0.3, 0.4) is 0 Å². The van der Waals surface area contributed by atoms with Crippen molar-refractivity contribution in [3.05, 3.63) is 117 Å². The molecule has 4 rings (SSSR count). The van der Waals surface area contributed by atoms with E-state index in [1.54, 1.807) is 0 Å². The second kappa shape index (κ2) is 15.7. The normalized spacial score (nSPS) is 9.47. The van der Waals surface area contributed by atoms with Crippen LogP contribution in [-0.4, -0.2) is 5.49 Å². The van der Waals surface area contributed by atoms with Gasteiger partial charge in [-0.2, -0.15) is 56.6 Å². The molecule has 180 valence electrons. The molecule has 0 aliphatic carbocycles. The molecule has 0 aliphatic heterocycles. The molecule has 0 radical (unpaired) electrons. The van der Waals surface area contributed by atoms with Crippen LogP contribution < -0.4 is 35.2 Å². The molecule has 4 heteroatoms. The quantitative estimate of drug-likeness (QED) is 0.217. The molecule has 0 aromatic heterocycles. The Labute approximate surface area is 234 Å². The molecular weight excluding hydrogens is 638 g/mol. The SMILES string of the molecule is Cc1c[c-](C)c(C)c1C.Cc1c[c-](C)c(C)c1C.[Cl-].[Cl-].[Hf+2]=[Si](c1ccccc1)c1ccccc1. The van der Waals surface area contributed by atoms with Gasteiger partial charge in [-0.05, 0) is 0 Å². The first-order valence-corrected chi connectivity index (χ1v) is 18.1. The minimum absolute atomic E-state index is 0. The Morgan fingerprint density at radius 2 is 0.853 bits per heavy atom. The van der Waals surface area contributed by atoms with Crippen LogP contribution in [0.5, 0.6) is 0 Å². The van der Waals surface area contributed by atoms with Crippen LogP contribution in [0.2, 0.25) is 0 Å². The molecule has 0 amide bonds. The van der Waals surface area contributed by atoms with Crippen molar-refractivity contribution in [3.63, 3.8) is 0 Å². The van der Waals surface area contributed by atoms with E-state index in [1.807, 2.05) is 0 Å². The first-order valence-electron chi connectivity index (χ1n) is 11.2. The Kier molecular flexibility index (Phi) is 15.2. The third-order valence-electron chi connectivity index (χ3n) is 6.48. The number of rotatable bonds is 2. The van der Waals surface area contributed by atoms with Gasteiger partial charge in [0.15, 0.2) is 0 Å². The third kappa shape index (κ3) is 9.11. The van der Waals surface area contributed by atoms with Crippen LogP contribution in [0.1, 0.15) is 44.5 Å².